The number of carbonyl (C=O) groups is 1. The van der Waals surface area contributed by atoms with Gasteiger partial charge in [0.25, 0.3) is 6.47 Å². The molecule has 0 aliphatic heterocycles. The van der Waals surface area contributed by atoms with Crippen LogP contribution in [-0.4, -0.2) is 48.4 Å². The van der Waals surface area contributed by atoms with Gasteiger partial charge in [0, 0.05) is 32.1 Å². The first-order valence-corrected chi connectivity index (χ1v) is 7.45. The van der Waals surface area contributed by atoms with E-state index in [4.69, 9.17) is 15.6 Å². The molecule has 0 amide bonds. The number of carboxylic acid groups (broad SMARTS) is 1. The first-order chi connectivity index (χ1) is 10.3. The summed E-state index contributed by atoms with van der Waals surface area (Å²) in [5.74, 6) is 0.393. The Kier molecular flexibility index (Phi) is 5.96. The summed E-state index contributed by atoms with van der Waals surface area (Å²) in [6.07, 6.45) is 2.91. The topological polar surface area (TPSA) is 126 Å². The predicted octanol–water partition coefficient (Wildman–Crippen LogP) is 0.677. The van der Waals surface area contributed by atoms with Crippen molar-refractivity contribution in [1.82, 2.24) is 14.3 Å². The van der Waals surface area contributed by atoms with Crippen LogP contribution in [0.1, 0.15) is 0 Å². The maximum absolute atomic E-state index is 11.9. The van der Waals surface area contributed by atoms with Crippen molar-refractivity contribution in [3.8, 4) is 11.3 Å². The van der Waals surface area contributed by atoms with Gasteiger partial charge in [-0.15, -0.1) is 0 Å². The van der Waals surface area contributed by atoms with Gasteiger partial charge in [0.15, 0.2) is 0 Å². The van der Waals surface area contributed by atoms with E-state index in [9.17, 15) is 8.42 Å². The lowest BCUT2D eigenvalue weighted by Crippen LogP contribution is -2.22. The van der Waals surface area contributed by atoms with Crippen molar-refractivity contribution in [2.45, 2.75) is 4.90 Å². The van der Waals surface area contributed by atoms with E-state index in [2.05, 4.69) is 9.97 Å². The molecule has 0 atom stereocenters. The molecule has 0 unspecified atom stereocenters. The molecule has 9 heteroatoms. The van der Waals surface area contributed by atoms with E-state index in [0.717, 1.165) is 9.87 Å². The van der Waals surface area contributed by atoms with Gasteiger partial charge in [-0.25, -0.2) is 17.7 Å². The van der Waals surface area contributed by atoms with Gasteiger partial charge in [0.05, 0.1) is 5.69 Å². The van der Waals surface area contributed by atoms with Crippen molar-refractivity contribution in [3.05, 3.63) is 36.7 Å². The molecule has 0 aromatic carbocycles. The molecule has 0 bridgehead atoms. The molecule has 0 aliphatic carbocycles. The fourth-order valence-corrected chi connectivity index (χ4v) is 2.37. The highest BCUT2D eigenvalue weighted by Crippen LogP contribution is 2.20. The van der Waals surface area contributed by atoms with Crippen LogP contribution in [0.5, 0.6) is 0 Å². The Labute approximate surface area is 128 Å². The molecular formula is C13H16N4O4S. The predicted molar refractivity (Wildman–Crippen MR) is 81.4 cm³/mol. The summed E-state index contributed by atoms with van der Waals surface area (Å²) in [4.78, 5) is 16.6. The fraction of sp³-hybridized carbons (Fsp3) is 0.154. The second-order valence-corrected chi connectivity index (χ2v) is 6.39. The van der Waals surface area contributed by atoms with Crippen molar-refractivity contribution in [3.63, 3.8) is 0 Å². The van der Waals surface area contributed by atoms with Crippen molar-refractivity contribution < 1.29 is 18.3 Å². The molecule has 0 aliphatic rings. The molecule has 2 aromatic heterocycles. The molecule has 22 heavy (non-hydrogen) atoms. The third-order valence-corrected chi connectivity index (χ3v) is 4.39. The number of anilines is 1. The van der Waals surface area contributed by atoms with Crippen molar-refractivity contribution in [1.29, 1.82) is 0 Å². The number of nitrogens with zero attached hydrogens (tertiary/aromatic N) is 3. The van der Waals surface area contributed by atoms with Gasteiger partial charge in [-0.3, -0.25) is 9.78 Å². The molecular weight excluding hydrogens is 308 g/mol. The Morgan fingerprint density at radius 3 is 2.32 bits per heavy atom. The average molecular weight is 324 g/mol. The second-order valence-electron chi connectivity index (χ2n) is 4.24. The summed E-state index contributed by atoms with van der Waals surface area (Å²) in [7, 11) is -0.492. The molecule has 2 aromatic rings. The number of nitrogen functional groups attached to an aromatic ring is 1. The van der Waals surface area contributed by atoms with Crippen molar-refractivity contribution >= 4 is 22.3 Å². The average Bonchev–Trinajstić information content (AvgIpc) is 2.48. The highest BCUT2D eigenvalue weighted by atomic mass is 32.2. The van der Waals surface area contributed by atoms with Crippen LogP contribution < -0.4 is 5.73 Å². The van der Waals surface area contributed by atoms with Gasteiger partial charge < -0.3 is 10.8 Å². The van der Waals surface area contributed by atoms with Crippen LogP contribution in [0.4, 0.5) is 5.82 Å². The number of hydrogen-bond donors (Lipinski definition) is 2. The highest BCUT2D eigenvalue weighted by molar-refractivity contribution is 7.89. The summed E-state index contributed by atoms with van der Waals surface area (Å²) in [5, 5.41) is 6.89. The number of hydrogen-bond acceptors (Lipinski definition) is 6. The van der Waals surface area contributed by atoms with Crippen LogP contribution in [0.15, 0.2) is 41.6 Å². The zero-order valence-electron chi connectivity index (χ0n) is 12.0. The normalized spacial score (nSPS) is 10.7. The molecule has 0 saturated carbocycles. The number of aromatic nitrogens is 2. The van der Waals surface area contributed by atoms with Gasteiger partial charge in [0.2, 0.25) is 10.0 Å². The Hall–Kier alpha value is -2.52. The number of pyridine rings is 2. The van der Waals surface area contributed by atoms with Crippen molar-refractivity contribution in [2.24, 2.45) is 0 Å². The minimum atomic E-state index is -3.45. The summed E-state index contributed by atoms with van der Waals surface area (Å²) in [6, 6.07) is 6.61. The first-order valence-electron chi connectivity index (χ1n) is 6.01. The molecule has 0 spiro atoms. The van der Waals surface area contributed by atoms with Crippen LogP contribution in [0.25, 0.3) is 11.3 Å². The van der Waals surface area contributed by atoms with E-state index in [1.165, 1.54) is 26.4 Å². The fourth-order valence-electron chi connectivity index (χ4n) is 1.52. The molecule has 0 saturated heterocycles. The van der Waals surface area contributed by atoms with Crippen molar-refractivity contribution in [2.75, 3.05) is 19.8 Å². The number of rotatable bonds is 3. The Morgan fingerprint density at radius 2 is 1.86 bits per heavy atom. The van der Waals surface area contributed by atoms with Gasteiger partial charge in [-0.1, -0.05) is 0 Å². The minimum Gasteiger partial charge on any atom is -0.483 e. The van der Waals surface area contributed by atoms with Crippen LogP contribution in [0.2, 0.25) is 0 Å². The van der Waals surface area contributed by atoms with Gasteiger partial charge in [0.1, 0.15) is 10.7 Å². The lowest BCUT2D eigenvalue weighted by molar-refractivity contribution is -0.122. The third kappa shape index (κ3) is 4.24. The number of nitrogens with two attached hydrogens (primary N) is 1. The molecule has 0 radical (unpaired) electrons. The van der Waals surface area contributed by atoms with Crippen LogP contribution in [-0.2, 0) is 14.8 Å². The molecule has 118 valence electrons. The van der Waals surface area contributed by atoms with E-state index in [0.29, 0.717) is 11.5 Å². The minimum absolute atomic E-state index is 0.156. The zero-order valence-corrected chi connectivity index (χ0v) is 12.9. The van der Waals surface area contributed by atoms with Gasteiger partial charge in [-0.05, 0) is 24.3 Å². The van der Waals surface area contributed by atoms with E-state index in [1.807, 2.05) is 0 Å². The van der Waals surface area contributed by atoms with Gasteiger partial charge in [-0.2, -0.15) is 0 Å². The maximum atomic E-state index is 11.9. The van der Waals surface area contributed by atoms with Gasteiger partial charge >= 0.3 is 0 Å². The summed E-state index contributed by atoms with van der Waals surface area (Å²) < 4.78 is 24.9. The first kappa shape index (κ1) is 17.5. The number of sulfonamides is 1. The largest absolute Gasteiger partial charge is 0.483 e. The summed E-state index contributed by atoms with van der Waals surface area (Å²) in [6.45, 7) is -0.250. The van der Waals surface area contributed by atoms with E-state index in [-0.39, 0.29) is 11.4 Å². The van der Waals surface area contributed by atoms with E-state index >= 15 is 0 Å². The van der Waals surface area contributed by atoms with E-state index in [1.54, 1.807) is 24.4 Å². The quantitative estimate of drug-likeness (QED) is 0.795. The monoisotopic (exact) mass is 324 g/mol. The van der Waals surface area contributed by atoms with Crippen LogP contribution in [0.3, 0.4) is 0 Å². The molecule has 2 heterocycles. The second kappa shape index (κ2) is 7.48. The van der Waals surface area contributed by atoms with Crippen LogP contribution >= 0.6 is 0 Å². The maximum Gasteiger partial charge on any atom is 0.290 e. The Balaban J connectivity index is 0.000000745. The lowest BCUT2D eigenvalue weighted by atomic mass is 10.2. The Bertz CT molecular complexity index is 730. The summed E-state index contributed by atoms with van der Waals surface area (Å²) in [5.41, 5.74) is 7.03. The third-order valence-electron chi connectivity index (χ3n) is 2.59. The lowest BCUT2D eigenvalue weighted by Gasteiger charge is -2.11. The smallest absolute Gasteiger partial charge is 0.290 e. The molecule has 0 fully saturated rings. The molecule has 3 N–H and O–H groups in total. The highest BCUT2D eigenvalue weighted by Gasteiger charge is 2.17. The Morgan fingerprint density at radius 1 is 1.23 bits per heavy atom. The molecule has 2 rings (SSSR count). The molecule has 8 nitrogen and oxygen atoms in total. The standard InChI is InChI=1S/C12H14N4O2S.CH2O2/c1-16(2)19(17,18)10-3-4-11(15-8-10)9-5-6-14-12(13)7-9;2-1-3/h3-8H,1-2H3,(H2,13,14);1H,(H,2,3). The van der Waals surface area contributed by atoms with E-state index < -0.39 is 10.0 Å². The SMILES string of the molecule is CN(C)S(=O)(=O)c1ccc(-c2ccnc(N)c2)nc1.O=CO. The van der Waals surface area contributed by atoms with Crippen LogP contribution in [0, 0.1) is 0 Å². The summed E-state index contributed by atoms with van der Waals surface area (Å²) >= 11 is 0. The zero-order chi connectivity index (χ0) is 16.8.